The number of nitrogens with zero attached hydrogens (tertiary/aromatic N) is 1. The zero-order valence-corrected chi connectivity index (χ0v) is 16.7. The number of anilines is 2. The zero-order chi connectivity index (χ0) is 19.9. The van der Waals surface area contributed by atoms with Crippen LogP contribution in [0.2, 0.25) is 0 Å². The van der Waals surface area contributed by atoms with E-state index in [2.05, 4.69) is 19.2 Å². The van der Waals surface area contributed by atoms with E-state index in [1.165, 1.54) is 9.87 Å². The SMILES string of the molecule is CC[C@H](C)c1ccc(NC(=O)CN2c3cccc4cccc(c34)S2(=O)=O)cc1. The Morgan fingerprint density at radius 1 is 1.04 bits per heavy atom. The first-order valence-electron chi connectivity index (χ1n) is 9.36. The number of rotatable bonds is 5. The maximum atomic E-state index is 13.0. The molecular weight excluding hydrogens is 372 g/mol. The topological polar surface area (TPSA) is 66.5 Å². The molecule has 0 unspecified atom stereocenters. The summed E-state index contributed by atoms with van der Waals surface area (Å²) in [6, 6.07) is 18.3. The summed E-state index contributed by atoms with van der Waals surface area (Å²) in [6.07, 6.45) is 1.05. The summed E-state index contributed by atoms with van der Waals surface area (Å²) in [6.45, 7) is 4.03. The van der Waals surface area contributed by atoms with Crippen LogP contribution in [0.25, 0.3) is 10.8 Å². The van der Waals surface area contributed by atoms with Crippen LogP contribution in [-0.4, -0.2) is 20.9 Å². The van der Waals surface area contributed by atoms with E-state index in [0.717, 1.165) is 11.8 Å². The van der Waals surface area contributed by atoms with Crippen molar-refractivity contribution in [2.45, 2.75) is 31.1 Å². The molecular formula is C22H22N2O3S. The summed E-state index contributed by atoms with van der Waals surface area (Å²) in [5.41, 5.74) is 2.42. The van der Waals surface area contributed by atoms with Crippen molar-refractivity contribution >= 4 is 38.1 Å². The average Bonchev–Trinajstić information content (AvgIpc) is 2.91. The van der Waals surface area contributed by atoms with Gasteiger partial charge in [0.05, 0.1) is 10.6 Å². The van der Waals surface area contributed by atoms with E-state index in [4.69, 9.17) is 0 Å². The minimum atomic E-state index is -3.73. The third-order valence-corrected chi connectivity index (χ3v) is 7.15. The van der Waals surface area contributed by atoms with Crippen LogP contribution >= 0.6 is 0 Å². The van der Waals surface area contributed by atoms with E-state index in [1.807, 2.05) is 36.4 Å². The van der Waals surface area contributed by atoms with Gasteiger partial charge >= 0.3 is 0 Å². The van der Waals surface area contributed by atoms with Gasteiger partial charge in [0.1, 0.15) is 6.54 Å². The summed E-state index contributed by atoms with van der Waals surface area (Å²) in [7, 11) is -3.73. The lowest BCUT2D eigenvalue weighted by Crippen LogP contribution is -2.35. The highest BCUT2D eigenvalue weighted by molar-refractivity contribution is 7.93. The van der Waals surface area contributed by atoms with Crippen LogP contribution in [0.15, 0.2) is 65.6 Å². The third kappa shape index (κ3) is 3.03. The van der Waals surface area contributed by atoms with E-state index in [9.17, 15) is 13.2 Å². The molecule has 6 heteroatoms. The molecule has 0 aliphatic carbocycles. The van der Waals surface area contributed by atoms with Crippen LogP contribution in [0.4, 0.5) is 11.4 Å². The van der Waals surface area contributed by atoms with Crippen LogP contribution in [0.5, 0.6) is 0 Å². The van der Waals surface area contributed by atoms with Crippen molar-refractivity contribution in [1.29, 1.82) is 0 Å². The molecule has 1 aliphatic heterocycles. The molecule has 0 bridgehead atoms. The number of hydrogen-bond donors (Lipinski definition) is 1. The minimum Gasteiger partial charge on any atom is -0.325 e. The lowest BCUT2D eigenvalue weighted by atomic mass is 9.99. The van der Waals surface area contributed by atoms with Gasteiger partial charge in [-0.1, -0.05) is 50.2 Å². The first-order valence-corrected chi connectivity index (χ1v) is 10.8. The molecule has 0 saturated heterocycles. The van der Waals surface area contributed by atoms with Gasteiger partial charge in [0.25, 0.3) is 10.0 Å². The van der Waals surface area contributed by atoms with E-state index < -0.39 is 10.0 Å². The largest absolute Gasteiger partial charge is 0.325 e. The van der Waals surface area contributed by atoms with E-state index in [1.54, 1.807) is 24.3 Å². The van der Waals surface area contributed by atoms with Crippen molar-refractivity contribution in [1.82, 2.24) is 0 Å². The molecule has 0 saturated carbocycles. The molecule has 3 aromatic carbocycles. The fraction of sp³-hybridized carbons (Fsp3) is 0.227. The monoisotopic (exact) mass is 394 g/mol. The first-order chi connectivity index (χ1) is 13.4. The fourth-order valence-corrected chi connectivity index (χ4v) is 5.26. The van der Waals surface area contributed by atoms with Crippen molar-refractivity contribution < 1.29 is 13.2 Å². The van der Waals surface area contributed by atoms with Crippen molar-refractivity contribution in [3.8, 4) is 0 Å². The van der Waals surface area contributed by atoms with Gasteiger partial charge in [0.15, 0.2) is 0 Å². The Balaban J connectivity index is 1.56. The Morgan fingerprint density at radius 2 is 1.71 bits per heavy atom. The second-order valence-electron chi connectivity index (χ2n) is 7.12. The molecule has 0 spiro atoms. The average molecular weight is 394 g/mol. The summed E-state index contributed by atoms with van der Waals surface area (Å²) in [5.74, 6) is 0.0863. The molecule has 28 heavy (non-hydrogen) atoms. The highest BCUT2D eigenvalue weighted by atomic mass is 32.2. The predicted octanol–water partition coefficient (Wildman–Crippen LogP) is 4.50. The number of carbonyl (C=O) groups is 1. The Morgan fingerprint density at radius 3 is 2.39 bits per heavy atom. The molecule has 144 valence electrons. The van der Waals surface area contributed by atoms with Gasteiger partial charge in [-0.2, -0.15) is 0 Å². The number of sulfonamides is 1. The molecule has 1 N–H and O–H groups in total. The molecule has 0 aromatic heterocycles. The quantitative estimate of drug-likeness (QED) is 0.693. The van der Waals surface area contributed by atoms with Crippen LogP contribution in [0.1, 0.15) is 31.7 Å². The number of benzene rings is 3. The lowest BCUT2D eigenvalue weighted by molar-refractivity contribution is -0.114. The third-order valence-electron chi connectivity index (χ3n) is 5.34. The van der Waals surface area contributed by atoms with Crippen molar-refractivity contribution in [3.05, 3.63) is 66.2 Å². The standard InChI is InChI=1S/C22H22N2O3S/c1-3-15(2)16-10-12-18(13-11-16)23-21(25)14-24-19-8-4-6-17-7-5-9-20(22(17)19)28(24,26)27/h4-13,15H,3,14H2,1-2H3,(H,23,25)/t15-/m0/s1. The predicted molar refractivity (Wildman–Crippen MR) is 112 cm³/mol. The maximum absolute atomic E-state index is 13.0. The van der Waals surface area contributed by atoms with Gasteiger partial charge < -0.3 is 5.32 Å². The summed E-state index contributed by atoms with van der Waals surface area (Å²) >= 11 is 0. The van der Waals surface area contributed by atoms with Gasteiger partial charge in [-0.15, -0.1) is 0 Å². The van der Waals surface area contributed by atoms with Crippen LogP contribution in [-0.2, 0) is 14.8 Å². The smallest absolute Gasteiger partial charge is 0.265 e. The second kappa shape index (κ2) is 6.95. The molecule has 5 nitrogen and oxygen atoms in total. The Hall–Kier alpha value is -2.86. The molecule has 0 radical (unpaired) electrons. The highest BCUT2D eigenvalue weighted by Crippen LogP contribution is 2.41. The number of hydrogen-bond acceptors (Lipinski definition) is 3. The molecule has 1 aliphatic rings. The fourth-order valence-electron chi connectivity index (χ4n) is 3.59. The van der Waals surface area contributed by atoms with Gasteiger partial charge in [0.2, 0.25) is 5.91 Å². The maximum Gasteiger partial charge on any atom is 0.265 e. The van der Waals surface area contributed by atoms with Crippen LogP contribution < -0.4 is 9.62 Å². The summed E-state index contributed by atoms with van der Waals surface area (Å²) in [5, 5.41) is 4.33. The van der Waals surface area contributed by atoms with Crippen LogP contribution in [0, 0.1) is 0 Å². The van der Waals surface area contributed by atoms with Gasteiger partial charge in [-0.3, -0.25) is 9.10 Å². The number of amides is 1. The molecule has 0 fully saturated rings. The zero-order valence-electron chi connectivity index (χ0n) is 15.8. The lowest BCUT2D eigenvalue weighted by Gasteiger charge is -2.18. The van der Waals surface area contributed by atoms with Crippen molar-refractivity contribution in [3.63, 3.8) is 0 Å². The van der Waals surface area contributed by atoms with E-state index in [0.29, 0.717) is 22.7 Å². The van der Waals surface area contributed by atoms with E-state index in [-0.39, 0.29) is 17.3 Å². The molecule has 1 atom stereocenters. The van der Waals surface area contributed by atoms with Crippen molar-refractivity contribution in [2.24, 2.45) is 0 Å². The van der Waals surface area contributed by atoms with Gasteiger partial charge in [-0.05, 0) is 47.6 Å². The molecule has 4 rings (SSSR count). The molecule has 1 amide bonds. The Kier molecular flexibility index (Phi) is 4.59. The molecule has 1 heterocycles. The Labute approximate surface area is 165 Å². The van der Waals surface area contributed by atoms with Crippen molar-refractivity contribution in [2.75, 3.05) is 16.2 Å². The Bertz CT molecular complexity index is 1150. The van der Waals surface area contributed by atoms with Gasteiger partial charge in [-0.25, -0.2) is 8.42 Å². The minimum absolute atomic E-state index is 0.256. The second-order valence-corrected chi connectivity index (χ2v) is 8.95. The van der Waals surface area contributed by atoms with Crippen LogP contribution in [0.3, 0.4) is 0 Å². The number of nitrogens with one attached hydrogen (secondary N) is 1. The normalized spacial score (nSPS) is 15.6. The highest BCUT2D eigenvalue weighted by Gasteiger charge is 2.36. The van der Waals surface area contributed by atoms with E-state index >= 15 is 0 Å². The molecule has 3 aromatic rings. The summed E-state index contributed by atoms with van der Waals surface area (Å²) in [4.78, 5) is 12.8. The first kappa shape index (κ1) is 18.5. The van der Waals surface area contributed by atoms with Gasteiger partial charge in [0, 0.05) is 11.1 Å². The number of carbonyl (C=O) groups excluding carboxylic acids is 1. The summed E-state index contributed by atoms with van der Waals surface area (Å²) < 4.78 is 27.1.